The number of ether oxygens (including phenoxy) is 1. The van der Waals surface area contributed by atoms with Crippen molar-refractivity contribution >= 4 is 17.4 Å². The molecule has 1 amide bonds. The highest BCUT2D eigenvalue weighted by Gasteiger charge is 2.09. The molecule has 0 atom stereocenters. The lowest BCUT2D eigenvalue weighted by Gasteiger charge is -2.18. The number of pyridine rings is 1. The summed E-state index contributed by atoms with van der Waals surface area (Å²) in [6.45, 7) is 5.90. The minimum absolute atomic E-state index is 0.124. The van der Waals surface area contributed by atoms with E-state index in [2.05, 4.69) is 10.3 Å². The predicted molar refractivity (Wildman–Crippen MR) is 76.2 cm³/mol. The van der Waals surface area contributed by atoms with Gasteiger partial charge in [0.05, 0.1) is 12.8 Å². The maximum absolute atomic E-state index is 11.8. The monoisotopic (exact) mass is 266 g/mol. The van der Waals surface area contributed by atoms with Gasteiger partial charge in [-0.2, -0.15) is 4.98 Å². The van der Waals surface area contributed by atoms with Crippen LogP contribution in [0.4, 0.5) is 11.5 Å². The molecule has 0 saturated carbocycles. The van der Waals surface area contributed by atoms with Crippen LogP contribution >= 0.6 is 0 Å². The van der Waals surface area contributed by atoms with Crippen molar-refractivity contribution in [3.05, 3.63) is 12.1 Å². The van der Waals surface area contributed by atoms with E-state index in [1.54, 1.807) is 24.1 Å². The highest BCUT2D eigenvalue weighted by atomic mass is 16.5. The third kappa shape index (κ3) is 4.31. The summed E-state index contributed by atoms with van der Waals surface area (Å²) in [7, 11) is 1.55. The number of hydrogen-bond acceptors (Lipinski definition) is 5. The van der Waals surface area contributed by atoms with Gasteiger partial charge in [-0.15, -0.1) is 0 Å². The molecule has 1 aromatic heterocycles. The number of nitrogens with two attached hydrogens (primary N) is 1. The second-order valence-corrected chi connectivity index (χ2v) is 4.03. The Balaban J connectivity index is 2.51. The number of carbonyl (C=O) groups excluding carboxylic acids is 1. The molecule has 0 unspecified atom stereocenters. The van der Waals surface area contributed by atoms with Crippen LogP contribution in [0, 0.1) is 0 Å². The fraction of sp³-hybridized carbons (Fsp3) is 0.538. The Kier molecular flexibility index (Phi) is 5.92. The predicted octanol–water partition coefficient (Wildman–Crippen LogP) is 1.34. The van der Waals surface area contributed by atoms with Gasteiger partial charge in [-0.05, 0) is 19.9 Å². The number of nitrogen functional groups attached to an aromatic ring is 1. The van der Waals surface area contributed by atoms with E-state index in [0.717, 1.165) is 13.1 Å². The van der Waals surface area contributed by atoms with Crippen LogP contribution < -0.4 is 15.8 Å². The summed E-state index contributed by atoms with van der Waals surface area (Å²) in [5.41, 5.74) is 6.34. The first-order valence-corrected chi connectivity index (χ1v) is 6.44. The van der Waals surface area contributed by atoms with Gasteiger partial charge in [-0.25, -0.2) is 0 Å². The van der Waals surface area contributed by atoms with Crippen LogP contribution in [-0.2, 0) is 4.79 Å². The fourth-order valence-corrected chi connectivity index (χ4v) is 1.73. The van der Waals surface area contributed by atoms with E-state index in [4.69, 9.17) is 10.5 Å². The maximum Gasteiger partial charge on any atom is 0.224 e. The third-order valence-corrected chi connectivity index (χ3v) is 2.86. The lowest BCUT2D eigenvalue weighted by atomic mass is 10.3. The minimum Gasteiger partial charge on any atom is -0.481 e. The Labute approximate surface area is 113 Å². The molecule has 0 saturated heterocycles. The number of carbonyl (C=O) groups is 1. The first-order chi connectivity index (χ1) is 9.12. The van der Waals surface area contributed by atoms with E-state index in [1.807, 2.05) is 13.8 Å². The number of nitrogens with one attached hydrogen (secondary N) is 1. The van der Waals surface area contributed by atoms with Crippen LogP contribution in [0.5, 0.6) is 5.88 Å². The lowest BCUT2D eigenvalue weighted by molar-refractivity contribution is -0.130. The van der Waals surface area contributed by atoms with Crippen molar-refractivity contribution in [1.82, 2.24) is 9.88 Å². The Morgan fingerprint density at radius 1 is 1.42 bits per heavy atom. The average molecular weight is 266 g/mol. The van der Waals surface area contributed by atoms with Crippen LogP contribution in [-0.4, -0.2) is 42.5 Å². The van der Waals surface area contributed by atoms with E-state index in [-0.39, 0.29) is 5.91 Å². The number of rotatable bonds is 7. The van der Waals surface area contributed by atoms with Gasteiger partial charge in [0.15, 0.2) is 5.82 Å². The lowest BCUT2D eigenvalue weighted by Crippen LogP contribution is -2.31. The van der Waals surface area contributed by atoms with Crippen molar-refractivity contribution in [3.63, 3.8) is 0 Å². The molecule has 1 heterocycles. The summed E-state index contributed by atoms with van der Waals surface area (Å²) in [6, 6.07) is 3.42. The van der Waals surface area contributed by atoms with Gasteiger partial charge in [-0.1, -0.05) is 0 Å². The summed E-state index contributed by atoms with van der Waals surface area (Å²) in [4.78, 5) is 17.8. The summed E-state index contributed by atoms with van der Waals surface area (Å²) in [6.07, 6.45) is 0.417. The molecule has 6 heteroatoms. The molecule has 3 N–H and O–H groups in total. The molecule has 0 aromatic carbocycles. The number of methoxy groups -OCH3 is 1. The molecule has 0 spiro atoms. The molecule has 0 aliphatic heterocycles. The van der Waals surface area contributed by atoms with Gasteiger partial charge in [-0.3, -0.25) is 4.79 Å². The highest BCUT2D eigenvalue weighted by molar-refractivity contribution is 5.76. The normalized spacial score (nSPS) is 10.1. The molecule has 0 aliphatic rings. The zero-order valence-corrected chi connectivity index (χ0v) is 11.8. The molecular weight excluding hydrogens is 244 g/mol. The molecule has 0 aliphatic carbocycles. The van der Waals surface area contributed by atoms with Gasteiger partial charge in [0, 0.05) is 32.1 Å². The fourth-order valence-electron chi connectivity index (χ4n) is 1.73. The van der Waals surface area contributed by atoms with Gasteiger partial charge >= 0.3 is 0 Å². The van der Waals surface area contributed by atoms with E-state index >= 15 is 0 Å². The third-order valence-electron chi connectivity index (χ3n) is 2.86. The summed E-state index contributed by atoms with van der Waals surface area (Å²) >= 11 is 0. The first kappa shape index (κ1) is 15.1. The Bertz CT molecular complexity index is 419. The van der Waals surface area contributed by atoms with Gasteiger partial charge in [0.25, 0.3) is 0 Å². The van der Waals surface area contributed by atoms with Crippen LogP contribution in [0.3, 0.4) is 0 Å². The van der Waals surface area contributed by atoms with E-state index < -0.39 is 0 Å². The summed E-state index contributed by atoms with van der Waals surface area (Å²) in [5, 5.41) is 3.06. The number of nitrogens with zero attached hydrogens (tertiary/aromatic N) is 2. The Morgan fingerprint density at radius 2 is 2.11 bits per heavy atom. The number of aromatic nitrogens is 1. The standard InChI is InChI=1S/C13H22N4O2/c1-4-17(5-2)12(18)8-9-15-13-10(14)6-7-11(16-13)19-3/h6-7H,4-5,8-9,14H2,1-3H3,(H,15,16). The van der Waals surface area contributed by atoms with Crippen molar-refractivity contribution < 1.29 is 9.53 Å². The van der Waals surface area contributed by atoms with Crippen LogP contribution in [0.25, 0.3) is 0 Å². The smallest absolute Gasteiger partial charge is 0.224 e. The van der Waals surface area contributed by atoms with Crippen molar-refractivity contribution in [2.45, 2.75) is 20.3 Å². The van der Waals surface area contributed by atoms with E-state index in [0.29, 0.717) is 30.4 Å². The average Bonchev–Trinajstić information content (AvgIpc) is 2.42. The second-order valence-electron chi connectivity index (χ2n) is 4.03. The molecule has 106 valence electrons. The van der Waals surface area contributed by atoms with Crippen molar-refractivity contribution in [3.8, 4) is 5.88 Å². The molecule has 0 radical (unpaired) electrons. The molecule has 1 rings (SSSR count). The van der Waals surface area contributed by atoms with Gasteiger partial charge < -0.3 is 20.7 Å². The van der Waals surface area contributed by atoms with Crippen LogP contribution in [0.1, 0.15) is 20.3 Å². The van der Waals surface area contributed by atoms with Crippen molar-refractivity contribution in [2.75, 3.05) is 37.8 Å². The number of anilines is 2. The molecule has 6 nitrogen and oxygen atoms in total. The molecular formula is C13H22N4O2. The zero-order valence-electron chi connectivity index (χ0n) is 11.8. The largest absolute Gasteiger partial charge is 0.481 e. The Morgan fingerprint density at radius 3 is 2.68 bits per heavy atom. The van der Waals surface area contributed by atoms with Crippen LogP contribution in [0.15, 0.2) is 12.1 Å². The highest BCUT2D eigenvalue weighted by Crippen LogP contribution is 2.19. The van der Waals surface area contributed by atoms with Crippen molar-refractivity contribution in [1.29, 1.82) is 0 Å². The quantitative estimate of drug-likeness (QED) is 0.778. The second kappa shape index (κ2) is 7.45. The number of hydrogen-bond donors (Lipinski definition) is 2. The van der Waals surface area contributed by atoms with Gasteiger partial charge in [0.2, 0.25) is 11.8 Å². The van der Waals surface area contributed by atoms with Crippen LogP contribution in [0.2, 0.25) is 0 Å². The summed E-state index contributed by atoms with van der Waals surface area (Å²) < 4.78 is 5.03. The zero-order chi connectivity index (χ0) is 14.3. The number of amides is 1. The van der Waals surface area contributed by atoms with E-state index in [1.165, 1.54) is 0 Å². The maximum atomic E-state index is 11.8. The van der Waals surface area contributed by atoms with E-state index in [9.17, 15) is 4.79 Å². The Hall–Kier alpha value is -1.98. The van der Waals surface area contributed by atoms with Gasteiger partial charge in [0.1, 0.15) is 0 Å². The first-order valence-electron chi connectivity index (χ1n) is 6.44. The molecule has 0 bridgehead atoms. The molecule has 1 aromatic rings. The topological polar surface area (TPSA) is 80.5 Å². The molecule has 19 heavy (non-hydrogen) atoms. The molecule has 0 fully saturated rings. The summed E-state index contributed by atoms with van der Waals surface area (Å²) in [5.74, 6) is 1.16. The van der Waals surface area contributed by atoms with Crippen molar-refractivity contribution in [2.24, 2.45) is 0 Å². The SMILES string of the molecule is CCN(CC)C(=O)CCNc1nc(OC)ccc1N. The minimum atomic E-state index is 0.124.